The fourth-order valence-corrected chi connectivity index (χ4v) is 2.22. The Balaban J connectivity index is 1.79. The smallest absolute Gasteiger partial charge is 0.134 e. The van der Waals surface area contributed by atoms with Crippen LogP contribution in [0, 0.1) is 0 Å². The van der Waals surface area contributed by atoms with Crippen LogP contribution in [0.4, 0.5) is 5.69 Å². The van der Waals surface area contributed by atoms with E-state index in [2.05, 4.69) is 24.4 Å². The SMILES string of the molecule is COc1ccc(NC(C)c2cc3ccccc3o2)cc1. The lowest BCUT2D eigenvalue weighted by Gasteiger charge is -2.13. The van der Waals surface area contributed by atoms with Crippen LogP contribution in [0.1, 0.15) is 18.7 Å². The summed E-state index contributed by atoms with van der Waals surface area (Å²) in [5.41, 5.74) is 1.96. The molecule has 2 aromatic carbocycles. The van der Waals surface area contributed by atoms with E-state index in [-0.39, 0.29) is 6.04 Å². The van der Waals surface area contributed by atoms with E-state index in [0.717, 1.165) is 28.2 Å². The van der Waals surface area contributed by atoms with Crippen LogP contribution in [0.15, 0.2) is 59.0 Å². The minimum Gasteiger partial charge on any atom is -0.497 e. The Kier molecular flexibility index (Phi) is 3.33. The lowest BCUT2D eigenvalue weighted by atomic mass is 10.2. The molecule has 3 heteroatoms. The topological polar surface area (TPSA) is 34.4 Å². The number of para-hydroxylation sites is 1. The van der Waals surface area contributed by atoms with Crippen molar-refractivity contribution in [3.63, 3.8) is 0 Å². The molecule has 0 saturated carbocycles. The second kappa shape index (κ2) is 5.29. The van der Waals surface area contributed by atoms with Crippen LogP contribution in [0.5, 0.6) is 5.75 Å². The van der Waals surface area contributed by atoms with Gasteiger partial charge in [0.2, 0.25) is 0 Å². The largest absolute Gasteiger partial charge is 0.497 e. The van der Waals surface area contributed by atoms with Crippen molar-refractivity contribution in [2.45, 2.75) is 13.0 Å². The van der Waals surface area contributed by atoms with Gasteiger partial charge in [0.05, 0.1) is 13.2 Å². The summed E-state index contributed by atoms with van der Waals surface area (Å²) in [4.78, 5) is 0. The monoisotopic (exact) mass is 267 g/mol. The predicted octanol–water partition coefficient (Wildman–Crippen LogP) is 4.61. The van der Waals surface area contributed by atoms with E-state index in [1.54, 1.807) is 7.11 Å². The summed E-state index contributed by atoms with van der Waals surface area (Å²) < 4.78 is 11.0. The highest BCUT2D eigenvalue weighted by Gasteiger charge is 2.11. The van der Waals surface area contributed by atoms with Gasteiger partial charge in [-0.3, -0.25) is 0 Å². The van der Waals surface area contributed by atoms with Gasteiger partial charge in [0.25, 0.3) is 0 Å². The van der Waals surface area contributed by atoms with E-state index in [1.165, 1.54) is 0 Å². The first-order chi connectivity index (χ1) is 9.76. The number of fused-ring (bicyclic) bond motifs is 1. The van der Waals surface area contributed by atoms with Crippen molar-refractivity contribution < 1.29 is 9.15 Å². The molecular weight excluding hydrogens is 250 g/mol. The van der Waals surface area contributed by atoms with Crippen LogP contribution in [0.25, 0.3) is 11.0 Å². The molecule has 0 bridgehead atoms. The molecule has 1 heterocycles. The maximum Gasteiger partial charge on any atom is 0.134 e. The summed E-state index contributed by atoms with van der Waals surface area (Å²) in [6.45, 7) is 2.09. The minimum absolute atomic E-state index is 0.107. The molecule has 20 heavy (non-hydrogen) atoms. The predicted molar refractivity (Wildman–Crippen MR) is 81.2 cm³/mol. The van der Waals surface area contributed by atoms with Crippen molar-refractivity contribution in [3.05, 3.63) is 60.4 Å². The van der Waals surface area contributed by atoms with Gasteiger partial charge in [0, 0.05) is 11.1 Å². The Morgan fingerprint density at radius 1 is 1.05 bits per heavy atom. The van der Waals surface area contributed by atoms with E-state index >= 15 is 0 Å². The van der Waals surface area contributed by atoms with Crippen molar-refractivity contribution in [1.29, 1.82) is 0 Å². The summed E-state index contributed by atoms with van der Waals surface area (Å²) >= 11 is 0. The number of anilines is 1. The normalized spacial score (nSPS) is 12.3. The van der Waals surface area contributed by atoms with Crippen LogP contribution in [-0.4, -0.2) is 7.11 Å². The van der Waals surface area contributed by atoms with Gasteiger partial charge in [-0.15, -0.1) is 0 Å². The number of ether oxygens (including phenoxy) is 1. The highest BCUT2D eigenvalue weighted by Crippen LogP contribution is 2.26. The van der Waals surface area contributed by atoms with Crippen LogP contribution in [0.2, 0.25) is 0 Å². The summed E-state index contributed by atoms with van der Waals surface area (Å²) in [6, 6.07) is 18.1. The standard InChI is InChI=1S/C17H17NO2/c1-12(18-14-7-9-15(19-2)10-8-14)17-11-13-5-3-4-6-16(13)20-17/h3-12,18H,1-2H3. The Morgan fingerprint density at radius 3 is 2.50 bits per heavy atom. The first-order valence-corrected chi connectivity index (χ1v) is 6.65. The average molecular weight is 267 g/mol. The van der Waals surface area contributed by atoms with Gasteiger partial charge in [0.15, 0.2) is 0 Å². The highest BCUT2D eigenvalue weighted by atomic mass is 16.5. The first kappa shape index (κ1) is 12.6. The maximum absolute atomic E-state index is 5.86. The fraction of sp³-hybridized carbons (Fsp3) is 0.176. The maximum atomic E-state index is 5.86. The van der Waals surface area contributed by atoms with Gasteiger partial charge in [0.1, 0.15) is 17.1 Å². The molecule has 0 amide bonds. The van der Waals surface area contributed by atoms with Crippen LogP contribution in [-0.2, 0) is 0 Å². The molecule has 0 aliphatic heterocycles. The van der Waals surface area contributed by atoms with E-state index in [9.17, 15) is 0 Å². The fourth-order valence-electron chi connectivity index (χ4n) is 2.22. The van der Waals surface area contributed by atoms with Gasteiger partial charge < -0.3 is 14.5 Å². The van der Waals surface area contributed by atoms with Crippen LogP contribution < -0.4 is 10.1 Å². The molecule has 3 aromatic rings. The second-order valence-electron chi connectivity index (χ2n) is 4.78. The number of methoxy groups -OCH3 is 1. The number of nitrogens with one attached hydrogen (secondary N) is 1. The number of benzene rings is 2. The van der Waals surface area contributed by atoms with Gasteiger partial charge in [-0.05, 0) is 43.3 Å². The molecule has 1 unspecified atom stereocenters. The third-order valence-corrected chi connectivity index (χ3v) is 3.34. The molecular formula is C17H17NO2. The molecule has 0 saturated heterocycles. The van der Waals surface area contributed by atoms with E-state index in [4.69, 9.17) is 9.15 Å². The molecule has 0 aliphatic rings. The van der Waals surface area contributed by atoms with Crippen molar-refractivity contribution in [3.8, 4) is 5.75 Å². The molecule has 0 fully saturated rings. The molecule has 3 rings (SSSR count). The van der Waals surface area contributed by atoms with E-state index < -0.39 is 0 Å². The Bertz CT molecular complexity index is 667. The molecule has 0 spiro atoms. The summed E-state index contributed by atoms with van der Waals surface area (Å²) in [6.07, 6.45) is 0. The molecule has 1 atom stereocenters. The molecule has 3 nitrogen and oxygen atoms in total. The van der Waals surface area contributed by atoms with Gasteiger partial charge in [-0.2, -0.15) is 0 Å². The number of furan rings is 1. The number of hydrogen-bond acceptors (Lipinski definition) is 3. The zero-order chi connectivity index (χ0) is 13.9. The lowest BCUT2D eigenvalue weighted by Crippen LogP contribution is -2.05. The average Bonchev–Trinajstić information content (AvgIpc) is 2.92. The highest BCUT2D eigenvalue weighted by molar-refractivity contribution is 5.77. The third kappa shape index (κ3) is 2.48. The van der Waals surface area contributed by atoms with E-state index in [0.29, 0.717) is 0 Å². The van der Waals surface area contributed by atoms with Gasteiger partial charge in [-0.1, -0.05) is 18.2 Å². The molecule has 1 N–H and O–H groups in total. The quantitative estimate of drug-likeness (QED) is 0.749. The van der Waals surface area contributed by atoms with Crippen LogP contribution >= 0.6 is 0 Å². The van der Waals surface area contributed by atoms with Gasteiger partial charge >= 0.3 is 0 Å². The van der Waals surface area contributed by atoms with E-state index in [1.807, 2.05) is 42.5 Å². The summed E-state index contributed by atoms with van der Waals surface area (Å²) in [5.74, 6) is 1.79. The minimum atomic E-state index is 0.107. The molecule has 102 valence electrons. The third-order valence-electron chi connectivity index (χ3n) is 3.34. The summed E-state index contributed by atoms with van der Waals surface area (Å²) in [7, 11) is 1.67. The van der Waals surface area contributed by atoms with Crippen molar-refractivity contribution in [2.24, 2.45) is 0 Å². The molecule has 0 aliphatic carbocycles. The van der Waals surface area contributed by atoms with Crippen molar-refractivity contribution in [2.75, 3.05) is 12.4 Å². The number of rotatable bonds is 4. The molecule has 0 radical (unpaired) electrons. The molecule has 1 aromatic heterocycles. The van der Waals surface area contributed by atoms with Crippen LogP contribution in [0.3, 0.4) is 0 Å². The number of hydrogen-bond donors (Lipinski definition) is 1. The summed E-state index contributed by atoms with van der Waals surface area (Å²) in [5, 5.41) is 4.55. The first-order valence-electron chi connectivity index (χ1n) is 6.65. The zero-order valence-electron chi connectivity index (χ0n) is 11.6. The lowest BCUT2D eigenvalue weighted by molar-refractivity contribution is 0.415. The zero-order valence-corrected chi connectivity index (χ0v) is 11.6. The second-order valence-corrected chi connectivity index (χ2v) is 4.78. The Labute approximate surface area is 118 Å². The van der Waals surface area contributed by atoms with Gasteiger partial charge in [-0.25, -0.2) is 0 Å². The van der Waals surface area contributed by atoms with Crippen molar-refractivity contribution >= 4 is 16.7 Å². The van der Waals surface area contributed by atoms with Crippen molar-refractivity contribution in [1.82, 2.24) is 0 Å². The Morgan fingerprint density at radius 2 is 1.80 bits per heavy atom. The Hall–Kier alpha value is -2.42.